The molecule has 1 aliphatic carbocycles. The summed E-state index contributed by atoms with van der Waals surface area (Å²) in [5, 5.41) is 7.38. The number of anilines is 1. The van der Waals surface area contributed by atoms with Crippen LogP contribution in [-0.2, 0) is 4.74 Å². The van der Waals surface area contributed by atoms with Gasteiger partial charge < -0.3 is 15.8 Å². The highest BCUT2D eigenvalue weighted by atomic mass is 19.1. The molecule has 0 amide bonds. The van der Waals surface area contributed by atoms with Crippen molar-refractivity contribution in [2.24, 2.45) is 11.7 Å². The zero-order chi connectivity index (χ0) is 13.0. The second-order valence-corrected chi connectivity index (χ2v) is 5.12. The summed E-state index contributed by atoms with van der Waals surface area (Å²) in [6.07, 6.45) is 2.47. The lowest BCUT2D eigenvalue weighted by Crippen LogP contribution is -2.65. The van der Waals surface area contributed by atoms with Crippen molar-refractivity contribution in [3.63, 3.8) is 0 Å². The number of pyridine rings is 1. The molecule has 0 bridgehead atoms. The van der Waals surface area contributed by atoms with Gasteiger partial charge in [0.15, 0.2) is 5.65 Å². The summed E-state index contributed by atoms with van der Waals surface area (Å²) < 4.78 is 20.1. The third kappa shape index (κ3) is 1.62. The minimum absolute atomic E-state index is 0.0368. The second kappa shape index (κ2) is 3.88. The molecular weight excluding hydrogens is 249 g/mol. The van der Waals surface area contributed by atoms with E-state index in [-0.39, 0.29) is 24.0 Å². The predicted molar refractivity (Wildman–Crippen MR) is 66.2 cm³/mol. The van der Waals surface area contributed by atoms with E-state index in [1.54, 1.807) is 6.07 Å². The van der Waals surface area contributed by atoms with Gasteiger partial charge in [0.1, 0.15) is 5.82 Å². The van der Waals surface area contributed by atoms with E-state index in [2.05, 4.69) is 15.4 Å². The molecule has 6 nitrogen and oxygen atoms in total. The largest absolute Gasteiger partial charge is 0.376 e. The molecule has 2 aromatic heterocycles. The van der Waals surface area contributed by atoms with Crippen molar-refractivity contribution >= 4 is 11.6 Å². The molecule has 0 spiro atoms. The smallest absolute Gasteiger partial charge is 0.243 e. The minimum atomic E-state index is -0.344. The van der Waals surface area contributed by atoms with Crippen molar-refractivity contribution in [3.8, 4) is 0 Å². The van der Waals surface area contributed by atoms with Crippen LogP contribution in [0.1, 0.15) is 6.42 Å². The standard InChI is InChI=1S/C12H14FN5O/c13-6-1-2-8-15-12(17-18(8)5-6)16-10-9(14)7-3-4-19-11(7)10/h1-2,5,7,9-11H,3-4,14H2,(H,16,17). The van der Waals surface area contributed by atoms with Crippen molar-refractivity contribution in [2.75, 3.05) is 11.9 Å². The van der Waals surface area contributed by atoms with E-state index in [1.165, 1.54) is 16.8 Å². The maximum Gasteiger partial charge on any atom is 0.243 e. The third-order valence-electron chi connectivity index (χ3n) is 4.04. The molecule has 4 rings (SSSR count). The topological polar surface area (TPSA) is 77.5 Å². The molecule has 1 saturated carbocycles. The van der Waals surface area contributed by atoms with Gasteiger partial charge >= 0.3 is 0 Å². The number of halogens is 1. The van der Waals surface area contributed by atoms with Gasteiger partial charge in [0.25, 0.3) is 0 Å². The Morgan fingerprint density at radius 3 is 3.26 bits per heavy atom. The van der Waals surface area contributed by atoms with Crippen LogP contribution in [0.5, 0.6) is 0 Å². The molecular formula is C12H14FN5O. The monoisotopic (exact) mass is 263 g/mol. The maximum atomic E-state index is 13.1. The lowest BCUT2D eigenvalue weighted by molar-refractivity contribution is 0.00510. The van der Waals surface area contributed by atoms with Crippen LogP contribution in [0.3, 0.4) is 0 Å². The fourth-order valence-electron chi connectivity index (χ4n) is 3.00. The zero-order valence-corrected chi connectivity index (χ0v) is 10.2. The normalized spacial score (nSPS) is 33.2. The molecule has 4 atom stereocenters. The average Bonchev–Trinajstić information content (AvgIpc) is 2.98. The van der Waals surface area contributed by atoms with Crippen LogP contribution in [0.25, 0.3) is 5.65 Å². The molecule has 7 heteroatoms. The van der Waals surface area contributed by atoms with E-state index in [4.69, 9.17) is 10.5 Å². The first-order valence-corrected chi connectivity index (χ1v) is 6.38. The van der Waals surface area contributed by atoms with Crippen molar-refractivity contribution in [1.82, 2.24) is 14.6 Å². The SMILES string of the molecule is NC1C2CCOC2C1Nc1nc2ccc(F)cn2n1. The number of nitrogens with one attached hydrogen (secondary N) is 1. The molecule has 100 valence electrons. The van der Waals surface area contributed by atoms with Crippen LogP contribution in [0.4, 0.5) is 10.3 Å². The molecule has 2 fully saturated rings. The lowest BCUT2D eigenvalue weighted by Gasteiger charge is -2.45. The number of hydrogen-bond acceptors (Lipinski definition) is 5. The lowest BCUT2D eigenvalue weighted by atomic mass is 9.72. The van der Waals surface area contributed by atoms with E-state index in [1.807, 2.05) is 0 Å². The number of hydrogen-bond donors (Lipinski definition) is 2. The first kappa shape index (κ1) is 11.1. The number of nitrogens with zero attached hydrogens (tertiary/aromatic N) is 3. The summed E-state index contributed by atoms with van der Waals surface area (Å²) in [4.78, 5) is 4.29. The maximum absolute atomic E-state index is 13.1. The Morgan fingerprint density at radius 2 is 2.37 bits per heavy atom. The number of ether oxygens (including phenoxy) is 1. The van der Waals surface area contributed by atoms with Crippen molar-refractivity contribution < 1.29 is 9.13 Å². The molecule has 2 aliphatic rings. The summed E-state index contributed by atoms with van der Waals surface area (Å²) in [5.41, 5.74) is 6.71. The van der Waals surface area contributed by atoms with Crippen LogP contribution in [-0.4, -0.2) is 39.4 Å². The van der Waals surface area contributed by atoms with Crippen LogP contribution in [0.2, 0.25) is 0 Å². The Labute approximate surface area is 108 Å². The first-order valence-electron chi connectivity index (χ1n) is 6.38. The Morgan fingerprint density at radius 1 is 1.47 bits per heavy atom. The number of nitrogens with two attached hydrogens (primary N) is 1. The number of aromatic nitrogens is 3. The van der Waals surface area contributed by atoms with Gasteiger partial charge in [-0.2, -0.15) is 4.98 Å². The van der Waals surface area contributed by atoms with Gasteiger partial charge in [-0.05, 0) is 18.6 Å². The molecule has 3 heterocycles. The van der Waals surface area contributed by atoms with Gasteiger partial charge in [-0.15, -0.1) is 5.10 Å². The van der Waals surface area contributed by atoms with Gasteiger partial charge in [0.05, 0.1) is 18.3 Å². The van der Waals surface area contributed by atoms with Crippen LogP contribution in [0, 0.1) is 11.7 Å². The van der Waals surface area contributed by atoms with Crippen molar-refractivity contribution in [3.05, 3.63) is 24.1 Å². The molecule has 1 aliphatic heterocycles. The third-order valence-corrected chi connectivity index (χ3v) is 4.04. The number of rotatable bonds is 2. The van der Waals surface area contributed by atoms with Gasteiger partial charge in [-0.1, -0.05) is 0 Å². The van der Waals surface area contributed by atoms with E-state index >= 15 is 0 Å². The first-order chi connectivity index (χ1) is 9.22. The van der Waals surface area contributed by atoms with E-state index in [0.717, 1.165) is 13.0 Å². The van der Waals surface area contributed by atoms with Crippen molar-refractivity contribution in [1.29, 1.82) is 0 Å². The molecule has 19 heavy (non-hydrogen) atoms. The molecule has 2 aromatic rings. The van der Waals surface area contributed by atoms with Gasteiger partial charge in [0, 0.05) is 18.6 Å². The van der Waals surface area contributed by atoms with Gasteiger partial charge in [-0.3, -0.25) is 0 Å². The highest BCUT2D eigenvalue weighted by molar-refractivity contribution is 5.44. The Balaban J connectivity index is 1.58. The molecule has 0 radical (unpaired) electrons. The van der Waals surface area contributed by atoms with Gasteiger partial charge in [-0.25, -0.2) is 8.91 Å². The fourth-order valence-corrected chi connectivity index (χ4v) is 3.00. The van der Waals surface area contributed by atoms with E-state index in [9.17, 15) is 4.39 Å². The quantitative estimate of drug-likeness (QED) is 0.820. The molecule has 0 aromatic carbocycles. The summed E-state index contributed by atoms with van der Waals surface area (Å²) in [7, 11) is 0. The molecule has 1 saturated heterocycles. The minimum Gasteiger partial charge on any atom is -0.376 e. The summed E-state index contributed by atoms with van der Waals surface area (Å²) in [5.74, 6) is 0.551. The average molecular weight is 263 g/mol. The summed E-state index contributed by atoms with van der Waals surface area (Å²) in [6.45, 7) is 0.769. The molecule has 4 unspecified atom stereocenters. The Bertz CT molecular complexity index is 630. The van der Waals surface area contributed by atoms with E-state index < -0.39 is 0 Å². The van der Waals surface area contributed by atoms with Crippen LogP contribution < -0.4 is 11.1 Å². The van der Waals surface area contributed by atoms with Crippen LogP contribution in [0.15, 0.2) is 18.3 Å². The van der Waals surface area contributed by atoms with E-state index in [0.29, 0.717) is 17.5 Å². The van der Waals surface area contributed by atoms with Crippen LogP contribution >= 0.6 is 0 Å². The molecule has 3 N–H and O–H groups in total. The second-order valence-electron chi connectivity index (χ2n) is 5.12. The highest BCUT2D eigenvalue weighted by Gasteiger charge is 2.52. The highest BCUT2D eigenvalue weighted by Crippen LogP contribution is 2.38. The summed E-state index contributed by atoms with van der Waals surface area (Å²) >= 11 is 0. The Hall–Kier alpha value is -1.73. The fraction of sp³-hybridized carbons (Fsp3) is 0.500. The summed E-state index contributed by atoms with van der Waals surface area (Å²) in [6, 6.07) is 3.05. The Kier molecular flexibility index (Phi) is 2.27. The zero-order valence-electron chi connectivity index (χ0n) is 10.2. The van der Waals surface area contributed by atoms with Gasteiger partial charge in [0.2, 0.25) is 5.95 Å². The van der Waals surface area contributed by atoms with Crippen molar-refractivity contribution in [2.45, 2.75) is 24.6 Å². The predicted octanol–water partition coefficient (Wildman–Crippen LogP) is 0.395. The number of fused-ring (bicyclic) bond motifs is 2.